The summed E-state index contributed by atoms with van der Waals surface area (Å²) in [6, 6.07) is 6.59. The summed E-state index contributed by atoms with van der Waals surface area (Å²) in [6.07, 6.45) is 4.47. The summed E-state index contributed by atoms with van der Waals surface area (Å²) in [5.74, 6) is -0.455. The number of likely N-dealkylation sites (tertiary alicyclic amines) is 1. The number of carbonyl (C=O) groups excluding carboxylic acids is 1. The van der Waals surface area contributed by atoms with Crippen LogP contribution in [0.3, 0.4) is 0 Å². The fourth-order valence-electron chi connectivity index (χ4n) is 3.17. The molecule has 1 fully saturated rings. The second kappa shape index (κ2) is 6.04. The van der Waals surface area contributed by atoms with Gasteiger partial charge in [0.25, 0.3) is 0 Å². The lowest BCUT2D eigenvalue weighted by atomic mass is 10.1. The molecule has 1 saturated heterocycles. The molecular formula is C16H18N6O2. The molecule has 1 aliphatic heterocycles. The summed E-state index contributed by atoms with van der Waals surface area (Å²) < 4.78 is 6.44. The van der Waals surface area contributed by atoms with E-state index < -0.39 is 5.97 Å². The average molecular weight is 326 g/mol. The summed E-state index contributed by atoms with van der Waals surface area (Å²) in [4.78, 5) is 13.9. The Kier molecular flexibility index (Phi) is 3.73. The lowest BCUT2D eigenvalue weighted by Gasteiger charge is -2.16. The Morgan fingerprint density at radius 3 is 3.25 bits per heavy atom. The van der Waals surface area contributed by atoms with Gasteiger partial charge in [0.2, 0.25) is 0 Å². The number of esters is 1. The van der Waals surface area contributed by atoms with Crippen molar-refractivity contribution in [2.75, 3.05) is 20.2 Å². The zero-order chi connectivity index (χ0) is 16.5. The van der Waals surface area contributed by atoms with Crippen LogP contribution in [0.15, 0.2) is 30.6 Å². The Hall–Kier alpha value is -2.74. The van der Waals surface area contributed by atoms with Crippen molar-refractivity contribution in [1.82, 2.24) is 30.1 Å². The van der Waals surface area contributed by atoms with E-state index in [0.717, 1.165) is 37.0 Å². The minimum atomic E-state index is -0.455. The van der Waals surface area contributed by atoms with Crippen LogP contribution in [-0.4, -0.2) is 56.3 Å². The minimum absolute atomic E-state index is 0.229. The molecule has 1 N–H and O–H groups in total. The summed E-state index contributed by atoms with van der Waals surface area (Å²) in [6.45, 7) is 2.74. The molecule has 0 bridgehead atoms. The van der Waals surface area contributed by atoms with E-state index in [2.05, 4.69) is 48.3 Å². The first-order chi connectivity index (χ1) is 11.7. The number of nitrogens with one attached hydrogen (secondary N) is 1. The van der Waals surface area contributed by atoms with Crippen LogP contribution < -0.4 is 0 Å². The number of aromatic nitrogens is 5. The first-order valence-corrected chi connectivity index (χ1v) is 7.87. The molecule has 1 unspecified atom stereocenters. The van der Waals surface area contributed by atoms with Crippen LogP contribution in [0.1, 0.15) is 28.5 Å². The molecule has 8 nitrogen and oxygen atoms in total. The Labute approximate surface area is 138 Å². The van der Waals surface area contributed by atoms with Crippen molar-refractivity contribution in [2.45, 2.75) is 19.0 Å². The van der Waals surface area contributed by atoms with Crippen LogP contribution >= 0.6 is 0 Å². The third-order valence-corrected chi connectivity index (χ3v) is 4.44. The molecule has 1 atom stereocenters. The number of aromatic amines is 1. The smallest absolute Gasteiger partial charge is 0.360 e. The van der Waals surface area contributed by atoms with Gasteiger partial charge < -0.3 is 4.74 Å². The molecule has 124 valence electrons. The molecule has 3 heterocycles. The normalized spacial score (nSPS) is 18.3. The molecule has 24 heavy (non-hydrogen) atoms. The van der Waals surface area contributed by atoms with Crippen LogP contribution in [0, 0.1) is 0 Å². The second-order valence-corrected chi connectivity index (χ2v) is 6.04. The van der Waals surface area contributed by atoms with Crippen LogP contribution in [0.4, 0.5) is 0 Å². The Morgan fingerprint density at radius 1 is 1.46 bits per heavy atom. The molecular weight excluding hydrogens is 308 g/mol. The van der Waals surface area contributed by atoms with Gasteiger partial charge in [-0.2, -0.15) is 5.10 Å². The molecule has 2 aromatic heterocycles. The van der Waals surface area contributed by atoms with Crippen molar-refractivity contribution in [2.24, 2.45) is 0 Å². The number of H-pyrrole nitrogens is 1. The highest BCUT2D eigenvalue weighted by Gasteiger charge is 2.25. The molecule has 0 aliphatic carbocycles. The van der Waals surface area contributed by atoms with Crippen molar-refractivity contribution >= 4 is 16.9 Å². The fourth-order valence-corrected chi connectivity index (χ4v) is 3.17. The topological polar surface area (TPSA) is 88.9 Å². The van der Waals surface area contributed by atoms with Crippen LogP contribution in [0.2, 0.25) is 0 Å². The van der Waals surface area contributed by atoms with Gasteiger partial charge in [-0.1, -0.05) is 17.3 Å². The zero-order valence-corrected chi connectivity index (χ0v) is 13.3. The predicted molar refractivity (Wildman–Crippen MR) is 86.4 cm³/mol. The first-order valence-electron chi connectivity index (χ1n) is 7.87. The molecule has 8 heteroatoms. The van der Waals surface area contributed by atoms with E-state index in [0.29, 0.717) is 0 Å². The largest absolute Gasteiger partial charge is 0.464 e. The molecule has 0 radical (unpaired) electrons. The van der Waals surface area contributed by atoms with Crippen LogP contribution in [0.25, 0.3) is 10.9 Å². The van der Waals surface area contributed by atoms with Crippen LogP contribution in [0.5, 0.6) is 0 Å². The van der Waals surface area contributed by atoms with Gasteiger partial charge >= 0.3 is 5.97 Å². The van der Waals surface area contributed by atoms with E-state index in [-0.39, 0.29) is 11.7 Å². The maximum atomic E-state index is 11.5. The molecule has 1 aromatic carbocycles. The SMILES string of the molecule is COC(=O)c1cn(C2CCN(Cc3ccc4cn[nH]c4c3)C2)nn1. The molecule has 0 amide bonds. The first kappa shape index (κ1) is 14.8. The van der Waals surface area contributed by atoms with Gasteiger partial charge in [0.15, 0.2) is 5.69 Å². The Bertz CT molecular complexity index is 870. The molecule has 1 aliphatic rings. The zero-order valence-electron chi connectivity index (χ0n) is 13.3. The number of methoxy groups -OCH3 is 1. The van der Waals surface area contributed by atoms with Gasteiger partial charge in [0.05, 0.1) is 31.1 Å². The Balaban J connectivity index is 1.42. The van der Waals surface area contributed by atoms with Crippen molar-refractivity contribution in [3.63, 3.8) is 0 Å². The standard InChI is InChI=1S/C16H18N6O2/c1-24-16(23)15-10-22(20-19-15)13-4-5-21(9-13)8-11-2-3-12-7-17-18-14(12)6-11/h2-3,6-7,10,13H,4-5,8-9H2,1H3,(H,17,18). The Morgan fingerprint density at radius 2 is 2.38 bits per heavy atom. The molecule has 3 aromatic rings. The van der Waals surface area contributed by atoms with Crippen molar-refractivity contribution in [3.8, 4) is 0 Å². The minimum Gasteiger partial charge on any atom is -0.464 e. The van der Waals surface area contributed by atoms with Gasteiger partial charge in [-0.05, 0) is 18.1 Å². The van der Waals surface area contributed by atoms with E-state index in [1.54, 1.807) is 10.9 Å². The van der Waals surface area contributed by atoms with Crippen molar-refractivity contribution in [3.05, 3.63) is 41.9 Å². The number of hydrogen-bond donors (Lipinski definition) is 1. The van der Waals surface area contributed by atoms with Crippen molar-refractivity contribution in [1.29, 1.82) is 0 Å². The van der Waals surface area contributed by atoms with E-state index in [1.807, 2.05) is 6.20 Å². The molecule has 4 rings (SSSR count). The number of rotatable bonds is 4. The maximum Gasteiger partial charge on any atom is 0.360 e. The lowest BCUT2D eigenvalue weighted by molar-refractivity contribution is 0.0594. The predicted octanol–water partition coefficient (Wildman–Crippen LogP) is 1.39. The highest BCUT2D eigenvalue weighted by atomic mass is 16.5. The summed E-state index contributed by atoms with van der Waals surface area (Å²) in [5.41, 5.74) is 2.56. The van der Waals surface area contributed by atoms with E-state index in [9.17, 15) is 4.79 Å². The highest BCUT2D eigenvalue weighted by Crippen LogP contribution is 2.23. The third-order valence-electron chi connectivity index (χ3n) is 4.44. The van der Waals surface area contributed by atoms with Gasteiger partial charge in [-0.15, -0.1) is 5.10 Å². The number of nitrogens with zero attached hydrogens (tertiary/aromatic N) is 5. The lowest BCUT2D eigenvalue weighted by Crippen LogP contribution is -2.21. The summed E-state index contributed by atoms with van der Waals surface area (Å²) >= 11 is 0. The number of hydrogen-bond acceptors (Lipinski definition) is 6. The van der Waals surface area contributed by atoms with Gasteiger partial charge in [0, 0.05) is 25.0 Å². The third kappa shape index (κ3) is 2.76. The average Bonchev–Trinajstić information content (AvgIpc) is 3.33. The highest BCUT2D eigenvalue weighted by molar-refractivity contribution is 5.86. The monoisotopic (exact) mass is 326 g/mol. The maximum absolute atomic E-state index is 11.5. The number of ether oxygens (including phenoxy) is 1. The van der Waals surface area contributed by atoms with Crippen molar-refractivity contribution < 1.29 is 9.53 Å². The fraction of sp³-hybridized carbons (Fsp3) is 0.375. The molecule has 0 spiro atoms. The summed E-state index contributed by atoms with van der Waals surface area (Å²) in [7, 11) is 1.34. The number of carbonyl (C=O) groups is 1. The van der Waals surface area contributed by atoms with Gasteiger partial charge in [-0.3, -0.25) is 10.00 Å². The van der Waals surface area contributed by atoms with Gasteiger partial charge in [0.1, 0.15) is 0 Å². The molecule has 0 saturated carbocycles. The summed E-state index contributed by atoms with van der Waals surface area (Å²) in [5, 5.41) is 16.1. The van der Waals surface area contributed by atoms with E-state index in [1.165, 1.54) is 12.7 Å². The second-order valence-electron chi connectivity index (χ2n) is 6.04. The van der Waals surface area contributed by atoms with E-state index >= 15 is 0 Å². The number of benzene rings is 1. The number of fused-ring (bicyclic) bond motifs is 1. The van der Waals surface area contributed by atoms with E-state index in [4.69, 9.17) is 0 Å². The van der Waals surface area contributed by atoms with Gasteiger partial charge in [-0.25, -0.2) is 9.48 Å². The van der Waals surface area contributed by atoms with Crippen LogP contribution in [-0.2, 0) is 11.3 Å². The quantitative estimate of drug-likeness (QED) is 0.729.